The molecule has 0 radical (unpaired) electrons. The first-order valence-corrected chi connectivity index (χ1v) is 24.1. The van der Waals surface area contributed by atoms with E-state index in [1.165, 1.54) is 74.9 Å². The largest absolute Gasteiger partial charge is 0.455 e. The molecule has 6 heteroatoms. The van der Waals surface area contributed by atoms with E-state index in [0.29, 0.717) is 0 Å². The summed E-state index contributed by atoms with van der Waals surface area (Å²) in [6.45, 7) is 0. The van der Waals surface area contributed by atoms with Crippen molar-refractivity contribution in [2.75, 3.05) is 7.05 Å². The Bertz CT molecular complexity index is 4120. The Morgan fingerprint density at radius 2 is 1.16 bits per heavy atom. The first-order valence-electron chi connectivity index (χ1n) is 23.3. The fourth-order valence-corrected chi connectivity index (χ4v) is 12.5. The van der Waals surface area contributed by atoms with Gasteiger partial charge in [0.15, 0.2) is 0 Å². The molecule has 0 amide bonds. The van der Waals surface area contributed by atoms with Crippen LogP contribution >= 0.6 is 11.3 Å². The molecule has 0 saturated heterocycles. The molecule has 5 nitrogen and oxygen atoms in total. The summed E-state index contributed by atoms with van der Waals surface area (Å²) in [6, 6.07) is 73.1. The van der Waals surface area contributed by atoms with Gasteiger partial charge in [0.2, 0.25) is 0 Å². The highest BCUT2D eigenvalue weighted by molar-refractivity contribution is 7.25. The maximum Gasteiger partial charge on any atom is 0.143 e. The Hall–Kier alpha value is -7.90. The number of allylic oxidation sites excluding steroid dienone is 1. The van der Waals surface area contributed by atoms with Crippen LogP contribution < -0.4 is 5.32 Å². The molecule has 1 aliphatic rings. The summed E-state index contributed by atoms with van der Waals surface area (Å²) in [7, 11) is 2.29. The van der Waals surface area contributed by atoms with Crippen LogP contribution in [0.1, 0.15) is 36.2 Å². The van der Waals surface area contributed by atoms with E-state index in [-0.39, 0.29) is 12.2 Å². The molecule has 9 aromatic carbocycles. The van der Waals surface area contributed by atoms with E-state index in [1.54, 1.807) is 0 Å². The van der Waals surface area contributed by atoms with Gasteiger partial charge in [-0.25, -0.2) is 0 Å². The standard InChI is InChI=1S/C61H44N4OS/c1-63-56(65-52-29-12-9-22-43(52)46-36-35-45-42-21-8-11-28-51(42)64(58(45)59(46)65)40-19-6-3-7-20-40)32-16-27-50(62-61(63)49-26-15-31-55-57(49)48-23-10-13-30-54(48)67-55)39-33-34-44-47-25-14-24-41(38-17-4-2-5-18-38)60(47)66-53(44)37-39/h2-15,17-26,28-37,50,61-62H,16,27H2,1H3/b56-32+/t50-,61?/m1/s1. The highest BCUT2D eigenvalue weighted by Crippen LogP contribution is 2.46. The van der Waals surface area contributed by atoms with Gasteiger partial charge in [-0.1, -0.05) is 158 Å². The van der Waals surface area contributed by atoms with Gasteiger partial charge in [0.1, 0.15) is 23.2 Å². The molecule has 0 bridgehead atoms. The van der Waals surface area contributed by atoms with Gasteiger partial charge in [0.05, 0.1) is 22.1 Å². The highest BCUT2D eigenvalue weighted by Gasteiger charge is 2.31. The SMILES string of the molecule is CN1/C(n2c3ccccc3c3ccc4c5ccccc5n(-c5ccccc5)c4c32)=C\CC[C@H](c2ccc3c(c2)oc2c(-c4ccccc4)cccc23)NC1c1cccc2sc3ccccc3c12. The second-order valence-corrected chi connectivity index (χ2v) is 19.1. The number of benzene rings is 9. The van der Waals surface area contributed by atoms with Crippen molar-refractivity contribution in [1.29, 1.82) is 0 Å². The zero-order chi connectivity index (χ0) is 44.2. The highest BCUT2D eigenvalue weighted by atomic mass is 32.1. The minimum Gasteiger partial charge on any atom is -0.455 e. The minimum atomic E-state index is -0.204. The number of nitrogens with zero attached hydrogens (tertiary/aromatic N) is 3. The third-order valence-electron chi connectivity index (χ3n) is 14.3. The van der Waals surface area contributed by atoms with Crippen molar-refractivity contribution in [3.63, 3.8) is 0 Å². The molecular formula is C61H44N4OS. The van der Waals surface area contributed by atoms with Crippen LogP contribution in [0.15, 0.2) is 211 Å². The van der Waals surface area contributed by atoms with Crippen molar-refractivity contribution >= 4 is 103 Å². The topological polar surface area (TPSA) is 38.3 Å². The Kier molecular flexibility index (Phi) is 8.63. The molecule has 1 unspecified atom stereocenters. The van der Waals surface area contributed by atoms with Gasteiger partial charge in [-0.15, -0.1) is 11.3 Å². The lowest BCUT2D eigenvalue weighted by atomic mass is 9.96. The summed E-state index contributed by atoms with van der Waals surface area (Å²) in [5.41, 5.74) is 12.5. The van der Waals surface area contributed by atoms with E-state index in [4.69, 9.17) is 4.42 Å². The number of hydrogen-bond acceptors (Lipinski definition) is 4. The van der Waals surface area contributed by atoms with Gasteiger partial charge >= 0.3 is 0 Å². The predicted octanol–water partition coefficient (Wildman–Crippen LogP) is 16.4. The molecule has 1 N–H and O–H groups in total. The molecule has 14 rings (SSSR count). The van der Waals surface area contributed by atoms with Gasteiger partial charge < -0.3 is 13.9 Å². The maximum absolute atomic E-state index is 6.85. The van der Waals surface area contributed by atoms with Gasteiger partial charge in [-0.05, 0) is 78.1 Å². The van der Waals surface area contributed by atoms with Crippen molar-refractivity contribution < 1.29 is 4.42 Å². The van der Waals surface area contributed by atoms with Gasteiger partial charge in [0, 0.05) is 76.8 Å². The number of para-hydroxylation sites is 4. The van der Waals surface area contributed by atoms with Crippen molar-refractivity contribution in [2.24, 2.45) is 0 Å². The summed E-state index contributed by atoms with van der Waals surface area (Å²) in [6.07, 6.45) is 4.05. The van der Waals surface area contributed by atoms with E-state index in [9.17, 15) is 0 Å². The number of rotatable bonds is 5. The Morgan fingerprint density at radius 3 is 1.96 bits per heavy atom. The lowest BCUT2D eigenvalue weighted by molar-refractivity contribution is 0.249. The summed E-state index contributed by atoms with van der Waals surface area (Å²) in [5, 5.41) is 14.2. The fraction of sp³-hybridized carbons (Fsp3) is 0.0820. The number of hydrogen-bond donors (Lipinski definition) is 1. The van der Waals surface area contributed by atoms with Gasteiger partial charge in [-0.3, -0.25) is 9.88 Å². The molecule has 4 aromatic heterocycles. The van der Waals surface area contributed by atoms with Crippen LogP contribution in [-0.2, 0) is 0 Å². The average Bonchev–Trinajstić information content (AvgIpc) is 4.14. The normalized spacial score (nSPS) is 16.8. The van der Waals surface area contributed by atoms with Crippen LogP contribution in [0, 0.1) is 0 Å². The molecule has 0 spiro atoms. The summed E-state index contributed by atoms with van der Waals surface area (Å²) < 4.78 is 14.5. The molecule has 0 aliphatic carbocycles. The van der Waals surface area contributed by atoms with E-state index < -0.39 is 0 Å². The van der Waals surface area contributed by atoms with Crippen LogP contribution in [0.5, 0.6) is 0 Å². The molecule has 0 fully saturated rings. The lowest BCUT2D eigenvalue weighted by Crippen LogP contribution is -2.39. The molecule has 5 heterocycles. The molecule has 0 saturated carbocycles. The van der Waals surface area contributed by atoms with Crippen LogP contribution in [0.3, 0.4) is 0 Å². The number of aromatic nitrogens is 2. The molecule has 67 heavy (non-hydrogen) atoms. The number of nitrogens with one attached hydrogen (secondary N) is 1. The van der Waals surface area contributed by atoms with E-state index in [2.05, 4.69) is 233 Å². The first-order chi connectivity index (χ1) is 33.2. The van der Waals surface area contributed by atoms with Crippen LogP contribution in [-0.4, -0.2) is 21.1 Å². The molecule has 13 aromatic rings. The molecule has 320 valence electrons. The van der Waals surface area contributed by atoms with Crippen LogP contribution in [0.2, 0.25) is 0 Å². The molecule has 2 atom stereocenters. The van der Waals surface area contributed by atoms with Crippen molar-refractivity contribution in [1.82, 2.24) is 19.4 Å². The third-order valence-corrected chi connectivity index (χ3v) is 15.5. The van der Waals surface area contributed by atoms with E-state index >= 15 is 0 Å². The van der Waals surface area contributed by atoms with Gasteiger partial charge in [-0.2, -0.15) is 0 Å². The van der Waals surface area contributed by atoms with Crippen LogP contribution in [0.25, 0.3) is 108 Å². The first kappa shape index (κ1) is 38.4. The quantitative estimate of drug-likeness (QED) is 0.187. The molecular weight excluding hydrogens is 837 g/mol. The molecule has 1 aliphatic heterocycles. The monoisotopic (exact) mass is 880 g/mol. The number of thiophene rings is 1. The minimum absolute atomic E-state index is 0.0297. The third kappa shape index (κ3) is 5.83. The second kappa shape index (κ2) is 15.1. The zero-order valence-electron chi connectivity index (χ0n) is 36.9. The lowest BCUT2D eigenvalue weighted by Gasteiger charge is -2.39. The smallest absolute Gasteiger partial charge is 0.143 e. The Labute approximate surface area is 391 Å². The van der Waals surface area contributed by atoms with Crippen molar-refractivity contribution in [2.45, 2.75) is 25.0 Å². The zero-order valence-corrected chi connectivity index (χ0v) is 37.7. The Balaban J connectivity index is 0.998. The second-order valence-electron chi connectivity index (χ2n) is 18.0. The predicted molar refractivity (Wildman–Crippen MR) is 282 cm³/mol. The van der Waals surface area contributed by atoms with Crippen molar-refractivity contribution in [3.05, 3.63) is 217 Å². The van der Waals surface area contributed by atoms with E-state index in [0.717, 1.165) is 57.4 Å². The van der Waals surface area contributed by atoms with Crippen molar-refractivity contribution in [3.8, 4) is 16.8 Å². The number of fused-ring (bicyclic) bond motifs is 13. The van der Waals surface area contributed by atoms with Gasteiger partial charge in [0.25, 0.3) is 0 Å². The number of furan rings is 1. The average molecular weight is 881 g/mol. The van der Waals surface area contributed by atoms with E-state index in [1.807, 2.05) is 11.3 Å². The summed E-state index contributed by atoms with van der Waals surface area (Å²) in [5.74, 6) is 1.15. The fourth-order valence-electron chi connectivity index (χ4n) is 11.3. The summed E-state index contributed by atoms with van der Waals surface area (Å²) >= 11 is 1.87. The van der Waals surface area contributed by atoms with Crippen LogP contribution in [0.4, 0.5) is 0 Å². The maximum atomic E-state index is 6.85. The summed E-state index contributed by atoms with van der Waals surface area (Å²) in [4.78, 5) is 2.51. The Morgan fingerprint density at radius 1 is 0.537 bits per heavy atom.